The Labute approximate surface area is 110 Å². The van der Waals surface area contributed by atoms with Crippen LogP contribution in [0.5, 0.6) is 5.75 Å². The molecule has 0 radical (unpaired) electrons. The molecule has 0 spiro atoms. The first-order valence-electron chi connectivity index (χ1n) is 5.71. The number of benzene rings is 1. The molecular weight excluding hydrogens is 246 g/mol. The second-order valence-electron chi connectivity index (χ2n) is 4.20. The highest BCUT2D eigenvalue weighted by atomic mass is 32.1. The van der Waals surface area contributed by atoms with Crippen LogP contribution in [0.25, 0.3) is 0 Å². The fourth-order valence-electron chi connectivity index (χ4n) is 1.67. The standard InChI is InChI=1S/C14H15NO2S/c1-9-4-5-14(13(6-9)10(2)16)17-7-12-8-18-11(3)15-12/h4-6,8H,7H2,1-3H3. The number of carbonyl (C=O) groups is 1. The molecule has 1 aromatic carbocycles. The Morgan fingerprint density at radius 1 is 1.39 bits per heavy atom. The lowest BCUT2D eigenvalue weighted by Crippen LogP contribution is -2.02. The molecule has 4 heteroatoms. The summed E-state index contributed by atoms with van der Waals surface area (Å²) in [5.41, 5.74) is 2.58. The average molecular weight is 261 g/mol. The first-order chi connectivity index (χ1) is 8.56. The third-order valence-corrected chi connectivity index (χ3v) is 3.38. The summed E-state index contributed by atoms with van der Waals surface area (Å²) in [6, 6.07) is 5.63. The summed E-state index contributed by atoms with van der Waals surface area (Å²) < 4.78 is 5.68. The first-order valence-corrected chi connectivity index (χ1v) is 6.59. The molecule has 1 heterocycles. The van der Waals surface area contributed by atoms with Gasteiger partial charge in [-0.25, -0.2) is 4.98 Å². The maximum atomic E-state index is 11.5. The molecule has 18 heavy (non-hydrogen) atoms. The van der Waals surface area contributed by atoms with Crippen LogP contribution in [-0.2, 0) is 6.61 Å². The fourth-order valence-corrected chi connectivity index (χ4v) is 2.27. The van der Waals surface area contributed by atoms with Crippen molar-refractivity contribution in [3.63, 3.8) is 0 Å². The summed E-state index contributed by atoms with van der Waals surface area (Å²) in [6.07, 6.45) is 0. The minimum atomic E-state index is 0.0168. The fraction of sp³-hybridized carbons (Fsp3) is 0.286. The van der Waals surface area contributed by atoms with E-state index in [4.69, 9.17) is 4.74 Å². The molecule has 0 bridgehead atoms. The number of ether oxygens (including phenoxy) is 1. The van der Waals surface area contributed by atoms with Crippen LogP contribution in [0.15, 0.2) is 23.6 Å². The molecule has 3 nitrogen and oxygen atoms in total. The van der Waals surface area contributed by atoms with Crippen molar-refractivity contribution in [1.82, 2.24) is 4.98 Å². The quantitative estimate of drug-likeness (QED) is 0.790. The van der Waals surface area contributed by atoms with Crippen molar-refractivity contribution in [3.8, 4) is 5.75 Å². The number of hydrogen-bond donors (Lipinski definition) is 0. The minimum Gasteiger partial charge on any atom is -0.487 e. The van der Waals surface area contributed by atoms with Gasteiger partial charge in [0.1, 0.15) is 12.4 Å². The first kappa shape index (κ1) is 12.8. The molecule has 0 saturated carbocycles. The second-order valence-corrected chi connectivity index (χ2v) is 5.26. The van der Waals surface area contributed by atoms with Gasteiger partial charge >= 0.3 is 0 Å². The lowest BCUT2D eigenvalue weighted by molar-refractivity contribution is 0.101. The molecule has 0 aliphatic carbocycles. The summed E-state index contributed by atoms with van der Waals surface area (Å²) >= 11 is 1.59. The van der Waals surface area contributed by atoms with Crippen LogP contribution >= 0.6 is 11.3 Å². The number of Topliss-reactive ketones (excluding diaryl/α,β-unsaturated/α-hetero) is 1. The van der Waals surface area contributed by atoms with E-state index in [0.29, 0.717) is 17.9 Å². The number of thiazole rings is 1. The van der Waals surface area contributed by atoms with Crippen LogP contribution in [0.2, 0.25) is 0 Å². The third-order valence-electron chi connectivity index (χ3n) is 2.56. The molecule has 94 valence electrons. The summed E-state index contributed by atoms with van der Waals surface area (Å²) in [4.78, 5) is 15.9. The molecule has 0 aliphatic heterocycles. The monoisotopic (exact) mass is 261 g/mol. The van der Waals surface area contributed by atoms with Gasteiger partial charge in [0.2, 0.25) is 0 Å². The highest BCUT2D eigenvalue weighted by Gasteiger charge is 2.09. The molecule has 0 N–H and O–H groups in total. The summed E-state index contributed by atoms with van der Waals surface area (Å²) in [7, 11) is 0. The zero-order chi connectivity index (χ0) is 13.1. The SMILES string of the molecule is CC(=O)c1cc(C)ccc1OCc1csc(C)n1. The lowest BCUT2D eigenvalue weighted by Gasteiger charge is -2.09. The van der Waals surface area contributed by atoms with Crippen LogP contribution in [0.1, 0.15) is 33.5 Å². The van der Waals surface area contributed by atoms with E-state index in [-0.39, 0.29) is 5.78 Å². The Hall–Kier alpha value is -1.68. The van der Waals surface area contributed by atoms with Crippen LogP contribution in [0.3, 0.4) is 0 Å². The molecule has 0 atom stereocenters. The van der Waals surface area contributed by atoms with Gasteiger partial charge in [-0.2, -0.15) is 0 Å². The number of carbonyl (C=O) groups excluding carboxylic acids is 1. The van der Waals surface area contributed by atoms with Gasteiger partial charge in [0, 0.05) is 5.38 Å². The van der Waals surface area contributed by atoms with Crippen LogP contribution in [-0.4, -0.2) is 10.8 Å². The van der Waals surface area contributed by atoms with Gasteiger partial charge in [-0.3, -0.25) is 4.79 Å². The van der Waals surface area contributed by atoms with Gasteiger partial charge < -0.3 is 4.74 Å². The van der Waals surface area contributed by atoms with Crippen molar-refractivity contribution in [2.24, 2.45) is 0 Å². The molecule has 0 amide bonds. The Bertz CT molecular complexity index is 575. The predicted molar refractivity (Wildman–Crippen MR) is 72.4 cm³/mol. The largest absolute Gasteiger partial charge is 0.487 e. The van der Waals surface area contributed by atoms with E-state index in [0.717, 1.165) is 16.3 Å². The predicted octanol–water partition coefficient (Wildman–Crippen LogP) is 3.54. The van der Waals surface area contributed by atoms with Crippen molar-refractivity contribution in [1.29, 1.82) is 0 Å². The maximum absolute atomic E-state index is 11.5. The summed E-state index contributed by atoms with van der Waals surface area (Å²) in [5.74, 6) is 0.641. The van der Waals surface area contributed by atoms with E-state index in [9.17, 15) is 4.79 Å². The molecule has 0 saturated heterocycles. The number of ketones is 1. The van der Waals surface area contributed by atoms with Gasteiger partial charge in [0.05, 0.1) is 16.3 Å². The number of aryl methyl sites for hydroxylation is 2. The topological polar surface area (TPSA) is 39.2 Å². The van der Waals surface area contributed by atoms with Crippen molar-refractivity contribution >= 4 is 17.1 Å². The number of hydrogen-bond acceptors (Lipinski definition) is 4. The number of nitrogens with zero attached hydrogens (tertiary/aromatic N) is 1. The minimum absolute atomic E-state index is 0.0168. The second kappa shape index (κ2) is 5.31. The summed E-state index contributed by atoms with van der Waals surface area (Å²) in [5, 5.41) is 2.99. The average Bonchev–Trinajstić information content (AvgIpc) is 2.73. The zero-order valence-electron chi connectivity index (χ0n) is 10.7. The number of aromatic nitrogens is 1. The van der Waals surface area contributed by atoms with E-state index in [1.54, 1.807) is 18.3 Å². The normalized spacial score (nSPS) is 10.4. The highest BCUT2D eigenvalue weighted by molar-refractivity contribution is 7.09. The lowest BCUT2D eigenvalue weighted by atomic mass is 10.1. The molecule has 0 aliphatic rings. The smallest absolute Gasteiger partial charge is 0.163 e. The maximum Gasteiger partial charge on any atom is 0.163 e. The zero-order valence-corrected chi connectivity index (χ0v) is 11.5. The van der Waals surface area contributed by atoms with Gasteiger partial charge in [-0.05, 0) is 32.9 Å². The third kappa shape index (κ3) is 2.96. The van der Waals surface area contributed by atoms with Crippen molar-refractivity contribution in [3.05, 3.63) is 45.4 Å². The van der Waals surface area contributed by atoms with Crippen molar-refractivity contribution in [2.45, 2.75) is 27.4 Å². The summed E-state index contributed by atoms with van der Waals surface area (Å²) in [6.45, 7) is 5.86. The van der Waals surface area contributed by atoms with Gasteiger partial charge in [-0.1, -0.05) is 11.6 Å². The van der Waals surface area contributed by atoms with Gasteiger partial charge in [0.25, 0.3) is 0 Å². The van der Waals surface area contributed by atoms with Crippen molar-refractivity contribution in [2.75, 3.05) is 0 Å². The van der Waals surface area contributed by atoms with Gasteiger partial charge in [0.15, 0.2) is 5.78 Å². The molecule has 2 aromatic rings. The van der Waals surface area contributed by atoms with Crippen LogP contribution in [0, 0.1) is 13.8 Å². The Morgan fingerprint density at radius 2 is 2.17 bits per heavy atom. The highest BCUT2D eigenvalue weighted by Crippen LogP contribution is 2.22. The Kier molecular flexibility index (Phi) is 3.77. The van der Waals surface area contributed by atoms with E-state index in [1.807, 2.05) is 37.4 Å². The van der Waals surface area contributed by atoms with Crippen LogP contribution < -0.4 is 4.74 Å². The van der Waals surface area contributed by atoms with Crippen molar-refractivity contribution < 1.29 is 9.53 Å². The van der Waals surface area contributed by atoms with Gasteiger partial charge in [-0.15, -0.1) is 11.3 Å². The van der Waals surface area contributed by atoms with E-state index < -0.39 is 0 Å². The van der Waals surface area contributed by atoms with E-state index in [2.05, 4.69) is 4.98 Å². The van der Waals surface area contributed by atoms with E-state index in [1.165, 1.54) is 0 Å². The van der Waals surface area contributed by atoms with Crippen LogP contribution in [0.4, 0.5) is 0 Å². The Balaban J connectivity index is 2.16. The number of rotatable bonds is 4. The molecule has 2 rings (SSSR count). The molecule has 0 fully saturated rings. The Morgan fingerprint density at radius 3 is 2.78 bits per heavy atom. The molecular formula is C14H15NO2S. The molecule has 0 unspecified atom stereocenters. The van der Waals surface area contributed by atoms with E-state index >= 15 is 0 Å². The molecule has 1 aromatic heterocycles.